The average Bonchev–Trinajstić information content (AvgIpc) is 2.60. The summed E-state index contributed by atoms with van der Waals surface area (Å²) in [6, 6.07) is 8.36. The topological polar surface area (TPSA) is 90.5 Å². The van der Waals surface area contributed by atoms with Crippen molar-refractivity contribution in [2.75, 3.05) is 25.0 Å². The minimum atomic E-state index is -0.248. The summed E-state index contributed by atoms with van der Waals surface area (Å²) >= 11 is 0. The van der Waals surface area contributed by atoms with E-state index in [2.05, 4.69) is 29.8 Å². The molecule has 0 saturated heterocycles. The Hall–Kier alpha value is -1.92. The van der Waals surface area contributed by atoms with Gasteiger partial charge in [0.2, 0.25) is 11.8 Å². The molecule has 0 aliphatic heterocycles. The monoisotopic (exact) mass is 349 g/mol. The second-order valence-corrected chi connectivity index (χ2v) is 6.08. The maximum Gasteiger partial charge on any atom is 0.226 e. The predicted octanol–water partition coefficient (Wildman–Crippen LogP) is 1.83. The van der Waals surface area contributed by atoms with E-state index in [1.165, 1.54) is 5.56 Å². The minimum absolute atomic E-state index is 0.0644. The van der Waals surface area contributed by atoms with Gasteiger partial charge in [0.15, 0.2) is 0 Å². The van der Waals surface area contributed by atoms with E-state index in [0.717, 1.165) is 31.5 Å². The first-order chi connectivity index (χ1) is 12.1. The van der Waals surface area contributed by atoms with Gasteiger partial charge >= 0.3 is 0 Å². The van der Waals surface area contributed by atoms with E-state index in [9.17, 15) is 9.59 Å². The molecule has 1 rings (SSSR count). The van der Waals surface area contributed by atoms with Crippen LogP contribution in [-0.4, -0.2) is 42.7 Å². The Kier molecular flexibility index (Phi) is 10.5. The Morgan fingerprint density at radius 2 is 1.76 bits per heavy atom. The molecule has 0 aliphatic rings. The van der Waals surface area contributed by atoms with Crippen LogP contribution in [0.4, 0.5) is 5.69 Å². The van der Waals surface area contributed by atoms with Gasteiger partial charge in [-0.2, -0.15) is 0 Å². The molecule has 1 unspecified atom stereocenters. The summed E-state index contributed by atoms with van der Waals surface area (Å²) in [7, 11) is 0. The molecule has 140 valence electrons. The lowest BCUT2D eigenvalue weighted by molar-refractivity contribution is -0.121. The van der Waals surface area contributed by atoms with Crippen LogP contribution in [0.15, 0.2) is 24.3 Å². The highest BCUT2D eigenvalue weighted by Crippen LogP contribution is 2.12. The summed E-state index contributed by atoms with van der Waals surface area (Å²) in [5.74, 6) is -0.394. The third-order valence-electron chi connectivity index (χ3n) is 3.91. The smallest absolute Gasteiger partial charge is 0.226 e. The third-order valence-corrected chi connectivity index (χ3v) is 3.91. The first kappa shape index (κ1) is 21.1. The number of carbonyl (C=O) groups is 2. The normalized spacial score (nSPS) is 11.8. The molecule has 0 fully saturated rings. The molecule has 0 spiro atoms. The van der Waals surface area contributed by atoms with Gasteiger partial charge in [0.25, 0.3) is 0 Å². The highest BCUT2D eigenvalue weighted by molar-refractivity contribution is 5.91. The summed E-state index contributed by atoms with van der Waals surface area (Å²) in [6.45, 7) is 5.46. The average molecular weight is 349 g/mol. The van der Waals surface area contributed by atoms with Gasteiger partial charge in [-0.05, 0) is 43.5 Å². The Labute approximate surface area is 150 Å². The lowest BCUT2D eigenvalue weighted by Crippen LogP contribution is -2.31. The first-order valence-corrected chi connectivity index (χ1v) is 9.08. The predicted molar refractivity (Wildman–Crippen MR) is 100 cm³/mol. The standard InChI is InChI=1S/C19H31N3O3/c1-3-11-20-16(4-2)14-15-5-7-17(8-6-15)22-19(25)9-12-21-18(24)10-13-23/h5-8,16,20,23H,3-4,9-14H2,1-2H3,(H,21,24)(H,22,25). The summed E-state index contributed by atoms with van der Waals surface area (Å²) in [6.07, 6.45) is 3.46. The lowest BCUT2D eigenvalue weighted by atomic mass is 10.0. The van der Waals surface area contributed by atoms with Crippen molar-refractivity contribution in [2.45, 2.75) is 52.0 Å². The van der Waals surface area contributed by atoms with E-state index >= 15 is 0 Å². The number of carbonyl (C=O) groups excluding carboxylic acids is 2. The van der Waals surface area contributed by atoms with Crippen LogP contribution in [0.25, 0.3) is 0 Å². The van der Waals surface area contributed by atoms with Crippen molar-refractivity contribution < 1.29 is 14.7 Å². The molecule has 0 heterocycles. The van der Waals surface area contributed by atoms with Crippen molar-refractivity contribution >= 4 is 17.5 Å². The maximum atomic E-state index is 11.9. The molecule has 0 radical (unpaired) electrons. The van der Waals surface area contributed by atoms with E-state index in [1.54, 1.807) is 0 Å². The summed E-state index contributed by atoms with van der Waals surface area (Å²) in [5.41, 5.74) is 2.00. The third kappa shape index (κ3) is 9.22. The van der Waals surface area contributed by atoms with Crippen LogP contribution < -0.4 is 16.0 Å². The number of hydrogen-bond donors (Lipinski definition) is 4. The molecule has 0 aliphatic carbocycles. The van der Waals surface area contributed by atoms with Crippen LogP contribution in [0.1, 0.15) is 45.1 Å². The van der Waals surface area contributed by atoms with E-state index in [-0.39, 0.29) is 37.8 Å². The van der Waals surface area contributed by atoms with Gasteiger partial charge in [-0.25, -0.2) is 0 Å². The van der Waals surface area contributed by atoms with Crippen molar-refractivity contribution in [2.24, 2.45) is 0 Å². The zero-order valence-electron chi connectivity index (χ0n) is 15.3. The molecule has 4 N–H and O–H groups in total. The zero-order chi connectivity index (χ0) is 18.5. The SMILES string of the molecule is CCCNC(CC)Cc1ccc(NC(=O)CCNC(=O)CCO)cc1. The van der Waals surface area contributed by atoms with Crippen molar-refractivity contribution in [3.8, 4) is 0 Å². The highest BCUT2D eigenvalue weighted by Gasteiger charge is 2.07. The van der Waals surface area contributed by atoms with Crippen molar-refractivity contribution in [3.63, 3.8) is 0 Å². The first-order valence-electron chi connectivity index (χ1n) is 9.08. The molecule has 6 nitrogen and oxygen atoms in total. The second-order valence-electron chi connectivity index (χ2n) is 6.08. The van der Waals surface area contributed by atoms with Gasteiger partial charge in [-0.1, -0.05) is 26.0 Å². The number of rotatable bonds is 12. The fourth-order valence-corrected chi connectivity index (χ4v) is 2.45. The second kappa shape index (κ2) is 12.4. The largest absolute Gasteiger partial charge is 0.396 e. The quantitative estimate of drug-likeness (QED) is 0.463. The minimum Gasteiger partial charge on any atom is -0.396 e. The fourth-order valence-electron chi connectivity index (χ4n) is 2.45. The van der Waals surface area contributed by atoms with E-state index in [1.807, 2.05) is 24.3 Å². The molecule has 1 atom stereocenters. The van der Waals surface area contributed by atoms with Gasteiger partial charge in [-0.3, -0.25) is 9.59 Å². The molecular weight excluding hydrogens is 318 g/mol. The van der Waals surface area contributed by atoms with Gasteiger partial charge in [0.1, 0.15) is 0 Å². The molecule has 25 heavy (non-hydrogen) atoms. The molecule has 6 heteroatoms. The van der Waals surface area contributed by atoms with Gasteiger partial charge in [0.05, 0.1) is 6.61 Å². The molecule has 0 saturated carbocycles. The number of aliphatic hydroxyl groups is 1. The summed E-state index contributed by atoms with van der Waals surface area (Å²) < 4.78 is 0. The van der Waals surface area contributed by atoms with Crippen LogP contribution in [0.2, 0.25) is 0 Å². The Morgan fingerprint density at radius 1 is 1.04 bits per heavy atom. The van der Waals surface area contributed by atoms with Crippen LogP contribution in [0.3, 0.4) is 0 Å². The molecule has 1 aromatic rings. The van der Waals surface area contributed by atoms with Crippen molar-refractivity contribution in [3.05, 3.63) is 29.8 Å². The van der Waals surface area contributed by atoms with Gasteiger partial charge in [0, 0.05) is 31.1 Å². The zero-order valence-corrected chi connectivity index (χ0v) is 15.3. The number of aliphatic hydroxyl groups excluding tert-OH is 1. The Bertz CT molecular complexity index is 517. The molecule has 0 bridgehead atoms. The molecule has 1 aromatic carbocycles. The number of amides is 2. The van der Waals surface area contributed by atoms with Crippen LogP contribution >= 0.6 is 0 Å². The van der Waals surface area contributed by atoms with Crippen molar-refractivity contribution in [1.82, 2.24) is 10.6 Å². The van der Waals surface area contributed by atoms with Crippen LogP contribution in [0.5, 0.6) is 0 Å². The van der Waals surface area contributed by atoms with Crippen molar-refractivity contribution in [1.29, 1.82) is 0 Å². The summed E-state index contributed by atoms with van der Waals surface area (Å²) in [4.78, 5) is 23.0. The number of anilines is 1. The van der Waals surface area contributed by atoms with E-state index < -0.39 is 0 Å². The van der Waals surface area contributed by atoms with Gasteiger partial charge in [-0.15, -0.1) is 0 Å². The van der Waals surface area contributed by atoms with Crippen LogP contribution in [-0.2, 0) is 16.0 Å². The fraction of sp³-hybridized carbons (Fsp3) is 0.579. The lowest BCUT2D eigenvalue weighted by Gasteiger charge is -2.16. The number of benzene rings is 1. The van der Waals surface area contributed by atoms with E-state index in [0.29, 0.717) is 6.04 Å². The Morgan fingerprint density at radius 3 is 2.36 bits per heavy atom. The Balaban J connectivity index is 2.37. The summed E-state index contributed by atoms with van der Waals surface area (Å²) in [5, 5.41) is 17.6. The van der Waals surface area contributed by atoms with E-state index in [4.69, 9.17) is 5.11 Å². The maximum absolute atomic E-state index is 11.9. The molecular formula is C19H31N3O3. The number of hydrogen-bond acceptors (Lipinski definition) is 4. The number of nitrogens with one attached hydrogen (secondary N) is 3. The molecule has 2 amide bonds. The van der Waals surface area contributed by atoms with Gasteiger partial charge < -0.3 is 21.1 Å². The highest BCUT2D eigenvalue weighted by atomic mass is 16.3. The molecule has 0 aromatic heterocycles. The van der Waals surface area contributed by atoms with Crippen LogP contribution in [0, 0.1) is 0 Å².